The molecule has 4 heterocycles. The Balaban J connectivity index is 1.20. The molecule has 5 aromatic rings. The van der Waals surface area contributed by atoms with Crippen LogP contribution in [0, 0.1) is 12.8 Å². The van der Waals surface area contributed by atoms with E-state index in [2.05, 4.69) is 25.3 Å². The van der Waals surface area contributed by atoms with E-state index in [9.17, 15) is 9.90 Å². The number of aliphatic hydroxyl groups is 1. The topological polar surface area (TPSA) is 110 Å². The smallest absolute Gasteiger partial charge is 0.163 e. The van der Waals surface area contributed by atoms with E-state index < -0.39 is 5.60 Å². The van der Waals surface area contributed by atoms with E-state index in [4.69, 9.17) is 0 Å². The zero-order chi connectivity index (χ0) is 24.7. The molecular formula is C28H28N6O2. The third kappa shape index (κ3) is 4.28. The van der Waals surface area contributed by atoms with Crippen LogP contribution in [-0.2, 0) is 6.54 Å². The van der Waals surface area contributed by atoms with Crippen LogP contribution < -0.4 is 0 Å². The van der Waals surface area contributed by atoms with Gasteiger partial charge in [0.25, 0.3) is 0 Å². The predicted molar refractivity (Wildman–Crippen MR) is 137 cm³/mol. The van der Waals surface area contributed by atoms with Gasteiger partial charge in [-0.05, 0) is 68.5 Å². The minimum absolute atomic E-state index is 0.0971. The lowest BCUT2D eigenvalue weighted by Gasteiger charge is -2.36. The molecule has 1 aliphatic carbocycles. The van der Waals surface area contributed by atoms with Crippen molar-refractivity contribution in [1.82, 2.24) is 29.9 Å². The van der Waals surface area contributed by atoms with Crippen molar-refractivity contribution in [2.75, 3.05) is 0 Å². The van der Waals surface area contributed by atoms with Crippen LogP contribution in [-0.4, -0.2) is 46.4 Å². The summed E-state index contributed by atoms with van der Waals surface area (Å²) in [6, 6.07) is 11.6. The van der Waals surface area contributed by atoms with Crippen molar-refractivity contribution >= 4 is 27.6 Å². The second kappa shape index (κ2) is 8.95. The van der Waals surface area contributed by atoms with Crippen LogP contribution in [0.25, 0.3) is 33.1 Å². The number of ketones is 1. The number of nitrogens with one attached hydrogen (secondary N) is 1. The first kappa shape index (κ1) is 22.5. The van der Waals surface area contributed by atoms with Crippen molar-refractivity contribution in [2.45, 2.75) is 51.2 Å². The number of fused-ring (bicyclic) bond motifs is 2. The molecule has 182 valence electrons. The van der Waals surface area contributed by atoms with Gasteiger partial charge < -0.3 is 5.11 Å². The van der Waals surface area contributed by atoms with Crippen molar-refractivity contribution in [3.63, 3.8) is 0 Å². The fraction of sp³-hybridized carbons (Fsp3) is 0.321. The molecule has 0 unspecified atom stereocenters. The number of benzene rings is 1. The van der Waals surface area contributed by atoms with Gasteiger partial charge >= 0.3 is 0 Å². The lowest BCUT2D eigenvalue weighted by molar-refractivity contribution is -0.0317. The second-order valence-electron chi connectivity index (χ2n) is 10.1. The average Bonchev–Trinajstić information content (AvgIpc) is 3.48. The number of Topliss-reactive ketones (excluding diaryl/α,β-unsaturated/α-hetero) is 1. The Morgan fingerprint density at radius 3 is 3.00 bits per heavy atom. The number of carbonyl (C=O) groups excluding carboxylic acids is 1. The number of carbonyl (C=O) groups is 1. The Morgan fingerprint density at radius 2 is 2.11 bits per heavy atom. The number of aryl methyl sites for hydroxylation is 1. The standard InChI is InChI=1S/C28H28N6O2/c1-18-11-21(6-10-30-18)27-23-13-20(4-5-24(23)32-33-27)26(35)12-19-3-2-8-28(36,14-19)17-34-25-7-9-29-15-22(25)16-31-34/h4-7,9-11,13,15-16,19,36H,2-3,8,12,14,17H2,1H3,(H,32,33)/t19-,28+/m0/s1. The summed E-state index contributed by atoms with van der Waals surface area (Å²) in [6.07, 6.45) is 10.6. The molecule has 4 aromatic heterocycles. The van der Waals surface area contributed by atoms with Crippen molar-refractivity contribution in [3.05, 3.63) is 72.4 Å². The maximum absolute atomic E-state index is 13.3. The predicted octanol–water partition coefficient (Wildman–Crippen LogP) is 4.87. The van der Waals surface area contributed by atoms with E-state index in [-0.39, 0.29) is 11.7 Å². The van der Waals surface area contributed by atoms with E-state index in [0.717, 1.165) is 51.6 Å². The van der Waals surface area contributed by atoms with Crippen LogP contribution in [0.3, 0.4) is 0 Å². The van der Waals surface area contributed by atoms with E-state index in [0.29, 0.717) is 31.4 Å². The third-order valence-corrected chi connectivity index (χ3v) is 7.34. The van der Waals surface area contributed by atoms with E-state index in [1.807, 2.05) is 48.0 Å². The van der Waals surface area contributed by atoms with Crippen molar-refractivity contribution in [2.24, 2.45) is 5.92 Å². The molecule has 0 spiro atoms. The van der Waals surface area contributed by atoms with Crippen molar-refractivity contribution in [3.8, 4) is 11.3 Å². The first-order valence-corrected chi connectivity index (χ1v) is 12.4. The van der Waals surface area contributed by atoms with Crippen LogP contribution in [0.1, 0.15) is 48.2 Å². The van der Waals surface area contributed by atoms with Crippen LogP contribution in [0.2, 0.25) is 0 Å². The first-order valence-electron chi connectivity index (χ1n) is 12.4. The lowest BCUT2D eigenvalue weighted by Crippen LogP contribution is -2.40. The maximum atomic E-state index is 13.3. The number of hydrogen-bond acceptors (Lipinski definition) is 6. The van der Waals surface area contributed by atoms with Gasteiger partial charge in [-0.25, -0.2) is 0 Å². The summed E-state index contributed by atoms with van der Waals surface area (Å²) >= 11 is 0. The van der Waals surface area contributed by atoms with Gasteiger partial charge in [-0.2, -0.15) is 10.2 Å². The van der Waals surface area contributed by atoms with Crippen molar-refractivity contribution < 1.29 is 9.90 Å². The van der Waals surface area contributed by atoms with E-state index in [1.165, 1.54) is 0 Å². The molecule has 36 heavy (non-hydrogen) atoms. The summed E-state index contributed by atoms with van der Waals surface area (Å²) in [5, 5.41) is 25.4. The highest BCUT2D eigenvalue weighted by molar-refractivity contribution is 6.02. The summed E-state index contributed by atoms with van der Waals surface area (Å²) in [6.45, 7) is 2.37. The van der Waals surface area contributed by atoms with Crippen molar-refractivity contribution in [1.29, 1.82) is 0 Å². The van der Waals surface area contributed by atoms with E-state index in [1.54, 1.807) is 24.8 Å². The fourth-order valence-corrected chi connectivity index (χ4v) is 5.59. The number of H-pyrrole nitrogens is 1. The highest BCUT2D eigenvalue weighted by Gasteiger charge is 2.36. The zero-order valence-corrected chi connectivity index (χ0v) is 20.2. The van der Waals surface area contributed by atoms with Gasteiger partial charge in [-0.15, -0.1) is 0 Å². The summed E-state index contributed by atoms with van der Waals surface area (Å²) in [5.74, 6) is 0.224. The number of aromatic nitrogens is 6. The molecule has 0 bridgehead atoms. The molecule has 2 atom stereocenters. The maximum Gasteiger partial charge on any atom is 0.163 e. The van der Waals surface area contributed by atoms with Gasteiger partial charge in [0.2, 0.25) is 0 Å². The largest absolute Gasteiger partial charge is 0.388 e. The summed E-state index contributed by atoms with van der Waals surface area (Å²) in [4.78, 5) is 21.7. The molecule has 1 aromatic carbocycles. The molecule has 8 heteroatoms. The molecular weight excluding hydrogens is 452 g/mol. The average molecular weight is 481 g/mol. The SMILES string of the molecule is Cc1cc(-c2n[nH]c3ccc(C(=O)C[C@@H]4CCC[C@](O)(Cn5ncc6cnccc65)C4)cc23)ccn1. The zero-order valence-electron chi connectivity index (χ0n) is 20.2. The van der Waals surface area contributed by atoms with Crippen LogP contribution >= 0.6 is 0 Å². The molecule has 0 aliphatic heterocycles. The number of hydrogen-bond donors (Lipinski definition) is 2. The number of aromatic amines is 1. The van der Waals surface area contributed by atoms with Gasteiger partial charge in [0.15, 0.2) is 5.78 Å². The number of pyridine rings is 2. The highest BCUT2D eigenvalue weighted by Crippen LogP contribution is 2.37. The van der Waals surface area contributed by atoms with Gasteiger partial charge in [-0.3, -0.25) is 24.5 Å². The summed E-state index contributed by atoms with van der Waals surface area (Å²) in [7, 11) is 0. The van der Waals surface area contributed by atoms with Crippen LogP contribution in [0.5, 0.6) is 0 Å². The van der Waals surface area contributed by atoms with Gasteiger partial charge in [0.1, 0.15) is 5.69 Å². The van der Waals surface area contributed by atoms with Gasteiger partial charge in [0, 0.05) is 52.6 Å². The Hall–Kier alpha value is -3.91. The molecule has 1 aliphatic rings. The second-order valence-corrected chi connectivity index (χ2v) is 10.1. The normalized spacial score (nSPS) is 20.2. The lowest BCUT2D eigenvalue weighted by atomic mass is 9.75. The molecule has 0 radical (unpaired) electrons. The molecule has 2 N–H and O–H groups in total. The minimum Gasteiger partial charge on any atom is -0.388 e. The summed E-state index contributed by atoms with van der Waals surface area (Å²) in [5.41, 5.74) is 4.36. The first-order chi connectivity index (χ1) is 17.5. The fourth-order valence-electron chi connectivity index (χ4n) is 5.59. The summed E-state index contributed by atoms with van der Waals surface area (Å²) < 4.78 is 1.86. The van der Waals surface area contributed by atoms with E-state index >= 15 is 0 Å². The Bertz CT molecular complexity index is 1570. The Labute approximate surface area is 208 Å². The Kier molecular flexibility index (Phi) is 5.60. The van der Waals surface area contributed by atoms with Crippen LogP contribution in [0.15, 0.2) is 61.2 Å². The molecule has 0 amide bonds. The molecule has 0 saturated heterocycles. The number of rotatable bonds is 6. The molecule has 8 nitrogen and oxygen atoms in total. The van der Waals surface area contributed by atoms with Gasteiger partial charge in [-0.1, -0.05) is 6.42 Å². The van der Waals surface area contributed by atoms with Gasteiger partial charge in [0.05, 0.1) is 29.4 Å². The van der Waals surface area contributed by atoms with Crippen LogP contribution in [0.4, 0.5) is 0 Å². The monoisotopic (exact) mass is 480 g/mol. The minimum atomic E-state index is -0.883. The molecule has 1 fully saturated rings. The third-order valence-electron chi connectivity index (χ3n) is 7.34. The Morgan fingerprint density at radius 1 is 1.19 bits per heavy atom. The number of nitrogens with zero attached hydrogens (tertiary/aromatic N) is 5. The molecule has 1 saturated carbocycles. The molecule has 6 rings (SSSR count). The highest BCUT2D eigenvalue weighted by atomic mass is 16.3. The quantitative estimate of drug-likeness (QED) is 0.336.